The molecule has 10 aromatic rings. The van der Waals surface area contributed by atoms with Gasteiger partial charge in [-0.25, -0.2) is 4.98 Å². The topological polar surface area (TPSA) is 42.8 Å². The number of rotatable bonds is 9. The van der Waals surface area contributed by atoms with E-state index in [0.717, 1.165) is 67.7 Å². The van der Waals surface area contributed by atoms with Crippen molar-refractivity contribution in [3.8, 4) is 51.1 Å². The first-order valence-electron chi connectivity index (χ1n) is 25.1. The summed E-state index contributed by atoms with van der Waals surface area (Å²) in [6.07, 6.45) is 1.86. The molecule has 0 unspecified atom stereocenters. The number of para-hydroxylation sites is 4. The van der Waals surface area contributed by atoms with E-state index >= 15 is 0 Å². The maximum atomic E-state index is 7.10. The predicted molar refractivity (Wildman–Crippen MR) is 301 cm³/mol. The highest BCUT2D eigenvalue weighted by atomic mass is 16.5. The Kier molecular flexibility index (Phi) is 11.5. The van der Waals surface area contributed by atoms with Crippen LogP contribution in [0.1, 0.15) is 79.0 Å². The van der Waals surface area contributed by atoms with Gasteiger partial charge in [-0.2, -0.15) is 0 Å². The molecule has 6 nitrogen and oxygen atoms in total. The number of ether oxygens (including phenoxy) is 2. The summed E-state index contributed by atoms with van der Waals surface area (Å²) >= 11 is 0. The van der Waals surface area contributed by atoms with Crippen LogP contribution in [0.25, 0.3) is 49.9 Å². The third-order valence-corrected chi connectivity index (χ3v) is 14.0. The van der Waals surface area contributed by atoms with E-state index in [-0.39, 0.29) is 16.2 Å². The summed E-state index contributed by atoms with van der Waals surface area (Å²) in [4.78, 5) is 9.85. The van der Waals surface area contributed by atoms with E-state index in [2.05, 4.69) is 259 Å². The molecule has 1 aliphatic heterocycles. The summed E-state index contributed by atoms with van der Waals surface area (Å²) in [5.74, 6) is 3.89. The molecule has 0 saturated carbocycles. The minimum absolute atomic E-state index is 0.0175. The molecule has 8 aromatic carbocycles. The maximum Gasteiger partial charge on any atom is 0.141 e. The van der Waals surface area contributed by atoms with Gasteiger partial charge >= 0.3 is 0 Å². The van der Waals surface area contributed by atoms with Crippen LogP contribution in [0.15, 0.2) is 200 Å². The van der Waals surface area contributed by atoms with Crippen molar-refractivity contribution in [1.82, 2.24) is 9.55 Å². The van der Waals surface area contributed by atoms with E-state index < -0.39 is 0 Å². The van der Waals surface area contributed by atoms with Crippen molar-refractivity contribution in [1.29, 1.82) is 0 Å². The Morgan fingerprint density at radius 1 is 0.431 bits per heavy atom. The fourth-order valence-corrected chi connectivity index (χ4v) is 10.3. The van der Waals surface area contributed by atoms with E-state index in [1.165, 1.54) is 44.6 Å². The van der Waals surface area contributed by atoms with Crippen LogP contribution in [0.4, 0.5) is 22.7 Å². The lowest BCUT2D eigenvalue weighted by molar-refractivity contribution is 0.429. The third kappa shape index (κ3) is 8.65. The van der Waals surface area contributed by atoms with Gasteiger partial charge in [0, 0.05) is 63.1 Å². The Balaban J connectivity index is 0.950. The molecule has 0 spiro atoms. The van der Waals surface area contributed by atoms with Crippen molar-refractivity contribution < 1.29 is 9.47 Å². The Morgan fingerprint density at radius 3 is 1.62 bits per heavy atom. The first-order valence-corrected chi connectivity index (χ1v) is 25.1. The molecule has 0 radical (unpaired) electrons. The molecular weight excluding hydrogens is 881 g/mol. The van der Waals surface area contributed by atoms with Gasteiger partial charge in [0.1, 0.15) is 35.5 Å². The third-order valence-electron chi connectivity index (χ3n) is 14.0. The van der Waals surface area contributed by atoms with Crippen molar-refractivity contribution >= 4 is 44.6 Å². The summed E-state index contributed by atoms with van der Waals surface area (Å²) in [7, 11) is 0. The molecule has 0 aliphatic carbocycles. The number of fused-ring (bicyclic) bond motifs is 4. The van der Waals surface area contributed by atoms with E-state index in [1.54, 1.807) is 0 Å². The number of aromatic nitrogens is 2. The average Bonchev–Trinajstić information content (AvgIpc) is 3.92. The zero-order valence-corrected chi connectivity index (χ0v) is 42.9. The quantitative estimate of drug-likeness (QED) is 0.144. The molecule has 6 heteroatoms. The average molecular weight is 943 g/mol. The van der Waals surface area contributed by atoms with Crippen LogP contribution >= 0.6 is 0 Å². The summed E-state index contributed by atoms with van der Waals surface area (Å²) in [5.41, 5.74) is 14.6. The Morgan fingerprint density at radius 2 is 0.986 bits per heavy atom. The second kappa shape index (κ2) is 17.9. The van der Waals surface area contributed by atoms with Crippen LogP contribution < -0.4 is 19.3 Å². The molecule has 0 fully saturated rings. The Hall–Kier alpha value is -8.09. The summed E-state index contributed by atoms with van der Waals surface area (Å²) in [6, 6.07) is 68.8. The minimum Gasteiger partial charge on any atom is -0.457 e. The highest BCUT2D eigenvalue weighted by molar-refractivity contribution is 6.09. The molecule has 3 heterocycles. The van der Waals surface area contributed by atoms with Gasteiger partial charge < -0.3 is 19.3 Å². The molecule has 72 heavy (non-hydrogen) atoms. The minimum atomic E-state index is -0.157. The Labute approximate surface area is 424 Å². The number of hydrogen-bond donors (Lipinski definition) is 0. The first kappa shape index (κ1) is 46.3. The lowest BCUT2D eigenvalue weighted by Gasteiger charge is -2.33. The van der Waals surface area contributed by atoms with E-state index in [9.17, 15) is 0 Å². The largest absolute Gasteiger partial charge is 0.457 e. The second-order valence-corrected chi connectivity index (χ2v) is 22.2. The number of pyridine rings is 1. The lowest BCUT2D eigenvalue weighted by Crippen LogP contribution is -2.24. The SMILES string of the molecule is CC(C)(C)c1cc(C(C)(C)C)c(Oc2ccnc(-n3c4ccccc4c4ccc(Oc5cccc(N6CN(c7c(-c8ccccc8)cccc7-c7ccccc7)c7ccccc76)c5)cc43)c2)c(C(C)(C)C)c1. The fourth-order valence-electron chi connectivity index (χ4n) is 10.3. The first-order chi connectivity index (χ1) is 34.6. The van der Waals surface area contributed by atoms with Crippen LogP contribution in [0.3, 0.4) is 0 Å². The molecule has 0 N–H and O–H groups in total. The zero-order chi connectivity index (χ0) is 49.9. The number of nitrogens with zero attached hydrogens (tertiary/aromatic N) is 4. The van der Waals surface area contributed by atoms with Crippen LogP contribution in [0.5, 0.6) is 23.0 Å². The molecule has 0 atom stereocenters. The van der Waals surface area contributed by atoms with Crippen molar-refractivity contribution in [3.05, 3.63) is 217 Å². The van der Waals surface area contributed by atoms with Gasteiger partial charge in [-0.3, -0.25) is 4.57 Å². The normalized spacial score (nSPS) is 13.0. The lowest BCUT2D eigenvalue weighted by atomic mass is 9.74. The number of hydrogen-bond acceptors (Lipinski definition) is 5. The van der Waals surface area contributed by atoms with E-state index in [0.29, 0.717) is 6.67 Å². The van der Waals surface area contributed by atoms with Gasteiger partial charge in [0.2, 0.25) is 0 Å². The molecule has 2 aromatic heterocycles. The second-order valence-electron chi connectivity index (χ2n) is 22.2. The van der Waals surface area contributed by atoms with Gasteiger partial charge in [-0.05, 0) is 81.5 Å². The fraction of sp³-hybridized carbons (Fsp3) is 0.197. The van der Waals surface area contributed by atoms with Gasteiger partial charge in [0.15, 0.2) is 0 Å². The number of benzene rings is 8. The van der Waals surface area contributed by atoms with E-state index in [1.807, 2.05) is 18.3 Å². The zero-order valence-electron chi connectivity index (χ0n) is 42.9. The van der Waals surface area contributed by atoms with Gasteiger partial charge in [-0.1, -0.05) is 190 Å². The van der Waals surface area contributed by atoms with Crippen molar-refractivity contribution in [2.75, 3.05) is 16.5 Å². The van der Waals surface area contributed by atoms with Gasteiger partial charge in [0.25, 0.3) is 0 Å². The molecule has 11 rings (SSSR count). The van der Waals surface area contributed by atoms with Crippen molar-refractivity contribution in [2.45, 2.75) is 78.6 Å². The van der Waals surface area contributed by atoms with Gasteiger partial charge in [0.05, 0.1) is 28.1 Å². The summed E-state index contributed by atoms with van der Waals surface area (Å²) < 4.78 is 16.2. The monoisotopic (exact) mass is 942 g/mol. The molecule has 358 valence electrons. The predicted octanol–water partition coefficient (Wildman–Crippen LogP) is 18.2. The molecular formula is C66H62N4O2. The van der Waals surface area contributed by atoms with Crippen LogP contribution in [0.2, 0.25) is 0 Å². The van der Waals surface area contributed by atoms with Crippen molar-refractivity contribution in [3.63, 3.8) is 0 Å². The maximum absolute atomic E-state index is 7.10. The van der Waals surface area contributed by atoms with Crippen molar-refractivity contribution in [2.24, 2.45) is 0 Å². The Bertz CT molecular complexity index is 3540. The smallest absolute Gasteiger partial charge is 0.141 e. The van der Waals surface area contributed by atoms with Gasteiger partial charge in [-0.15, -0.1) is 0 Å². The van der Waals surface area contributed by atoms with Crippen LogP contribution in [-0.4, -0.2) is 16.2 Å². The molecule has 0 amide bonds. The molecule has 1 aliphatic rings. The highest BCUT2D eigenvalue weighted by Gasteiger charge is 2.33. The molecule has 0 saturated heterocycles. The number of anilines is 4. The van der Waals surface area contributed by atoms with E-state index in [4.69, 9.17) is 14.5 Å². The van der Waals surface area contributed by atoms with Crippen LogP contribution in [-0.2, 0) is 16.2 Å². The summed E-state index contributed by atoms with van der Waals surface area (Å²) in [5, 5.41) is 2.25. The highest BCUT2D eigenvalue weighted by Crippen LogP contribution is 2.51. The summed E-state index contributed by atoms with van der Waals surface area (Å²) in [6.45, 7) is 21.1. The van der Waals surface area contributed by atoms with Crippen LogP contribution in [0, 0.1) is 0 Å². The standard InChI is InChI=1S/C66H62N4O2/c1-64(2,3)46-38-55(65(4,5)6)63(56(39-46)66(7,8)9)72-50-36-37-67-61(42-50)70-57-31-17-16-28-53(57)54-35-34-49(41-60(54)70)71-48-27-20-26-47(40-48)68-43-69(59-33-19-18-32-58(59)68)62-51(44-22-12-10-13-23-44)29-21-30-52(62)45-24-14-11-15-25-45/h10-42H,43H2,1-9H3. The molecule has 0 bridgehead atoms.